The number of aromatic nitrogens is 4. The summed E-state index contributed by atoms with van der Waals surface area (Å²) in [4.78, 5) is 13.6. The zero-order chi connectivity index (χ0) is 19.1. The molecule has 0 aliphatic heterocycles. The SMILES string of the molecule is Cn1cc(C(C(=O)c2ccccc2)n2nnc3ccccc32)c2ccccc21. The van der Waals surface area contributed by atoms with E-state index in [0.717, 1.165) is 27.5 Å². The third-order valence-corrected chi connectivity index (χ3v) is 5.15. The summed E-state index contributed by atoms with van der Waals surface area (Å²) < 4.78 is 3.79. The standard InChI is InChI=1S/C23H18N4O/c1-26-15-18(17-11-5-7-13-20(17)26)22(23(28)16-9-3-2-4-10-16)27-21-14-8-6-12-19(21)24-25-27/h2-15,22H,1H3. The minimum Gasteiger partial charge on any atom is -0.350 e. The van der Waals surface area contributed by atoms with E-state index in [1.165, 1.54) is 0 Å². The monoisotopic (exact) mass is 366 g/mol. The van der Waals surface area contributed by atoms with Gasteiger partial charge in [0.25, 0.3) is 0 Å². The van der Waals surface area contributed by atoms with Crippen LogP contribution >= 0.6 is 0 Å². The Balaban J connectivity index is 1.79. The van der Waals surface area contributed by atoms with Gasteiger partial charge in [0.2, 0.25) is 0 Å². The highest BCUT2D eigenvalue weighted by Gasteiger charge is 2.29. The lowest BCUT2D eigenvalue weighted by molar-refractivity contribution is 0.0941. The number of Topliss-reactive ketones (excluding diaryl/α,β-unsaturated/α-hetero) is 1. The minimum absolute atomic E-state index is 0.00685. The Labute approximate surface area is 161 Å². The van der Waals surface area contributed by atoms with Crippen LogP contribution < -0.4 is 0 Å². The Hall–Kier alpha value is -3.73. The van der Waals surface area contributed by atoms with Crippen molar-refractivity contribution < 1.29 is 4.79 Å². The van der Waals surface area contributed by atoms with Gasteiger partial charge in [-0.3, -0.25) is 4.79 Å². The predicted octanol–water partition coefficient (Wildman–Crippen LogP) is 4.40. The summed E-state index contributed by atoms with van der Waals surface area (Å²) >= 11 is 0. The highest BCUT2D eigenvalue weighted by atomic mass is 16.1. The number of carbonyl (C=O) groups excluding carboxylic acids is 1. The molecule has 5 nitrogen and oxygen atoms in total. The smallest absolute Gasteiger partial charge is 0.192 e. The third-order valence-electron chi connectivity index (χ3n) is 5.15. The summed E-state index contributed by atoms with van der Waals surface area (Å²) in [6.45, 7) is 0. The Kier molecular flexibility index (Phi) is 3.79. The van der Waals surface area contributed by atoms with Crippen LogP contribution in [0.3, 0.4) is 0 Å². The van der Waals surface area contributed by atoms with E-state index in [0.29, 0.717) is 5.56 Å². The van der Waals surface area contributed by atoms with Crippen molar-refractivity contribution in [2.45, 2.75) is 6.04 Å². The summed E-state index contributed by atoms with van der Waals surface area (Å²) in [5.41, 5.74) is 4.26. The number of aryl methyl sites for hydroxylation is 1. The molecule has 2 aromatic heterocycles. The summed E-state index contributed by atoms with van der Waals surface area (Å²) in [5.74, 6) is -0.00685. The van der Waals surface area contributed by atoms with Gasteiger partial charge in [-0.2, -0.15) is 0 Å². The normalized spacial score (nSPS) is 12.5. The molecule has 0 saturated heterocycles. The summed E-state index contributed by atoms with van der Waals surface area (Å²) in [6, 6.07) is 24.6. The van der Waals surface area contributed by atoms with Crippen molar-refractivity contribution in [1.29, 1.82) is 0 Å². The van der Waals surface area contributed by atoms with Crippen molar-refractivity contribution in [3.05, 3.63) is 96.2 Å². The second kappa shape index (κ2) is 6.46. The third kappa shape index (κ3) is 2.52. The van der Waals surface area contributed by atoms with Crippen molar-refractivity contribution >= 4 is 27.7 Å². The topological polar surface area (TPSA) is 52.7 Å². The number of nitrogens with zero attached hydrogens (tertiary/aromatic N) is 4. The molecule has 0 aliphatic carbocycles. The number of ketones is 1. The van der Waals surface area contributed by atoms with Crippen molar-refractivity contribution in [2.24, 2.45) is 7.05 Å². The Morgan fingerprint density at radius 2 is 1.54 bits per heavy atom. The van der Waals surface area contributed by atoms with Gasteiger partial charge in [0.15, 0.2) is 5.78 Å². The molecule has 5 aromatic rings. The van der Waals surface area contributed by atoms with Crippen LogP contribution in [0.5, 0.6) is 0 Å². The van der Waals surface area contributed by atoms with Crippen molar-refractivity contribution in [2.75, 3.05) is 0 Å². The van der Waals surface area contributed by atoms with Crippen LogP contribution in [0.1, 0.15) is 22.0 Å². The first-order valence-corrected chi connectivity index (χ1v) is 9.17. The molecule has 136 valence electrons. The van der Waals surface area contributed by atoms with Crippen LogP contribution in [0.2, 0.25) is 0 Å². The molecule has 0 bridgehead atoms. The fourth-order valence-electron chi connectivity index (χ4n) is 3.81. The molecule has 5 heteroatoms. The lowest BCUT2D eigenvalue weighted by Gasteiger charge is -2.17. The van der Waals surface area contributed by atoms with Gasteiger partial charge in [-0.05, 0) is 18.2 Å². The number of fused-ring (bicyclic) bond motifs is 2. The Bertz CT molecular complexity index is 1300. The number of carbonyl (C=O) groups is 1. The van der Waals surface area contributed by atoms with Gasteiger partial charge in [-0.25, -0.2) is 4.68 Å². The zero-order valence-corrected chi connectivity index (χ0v) is 15.4. The predicted molar refractivity (Wildman–Crippen MR) is 109 cm³/mol. The van der Waals surface area contributed by atoms with Crippen LogP contribution in [-0.4, -0.2) is 25.3 Å². The Morgan fingerprint density at radius 3 is 2.36 bits per heavy atom. The van der Waals surface area contributed by atoms with Crippen LogP contribution in [0.25, 0.3) is 21.9 Å². The largest absolute Gasteiger partial charge is 0.350 e. The van der Waals surface area contributed by atoms with E-state index in [2.05, 4.69) is 27.0 Å². The van der Waals surface area contributed by atoms with Crippen LogP contribution in [0.4, 0.5) is 0 Å². The van der Waals surface area contributed by atoms with E-state index < -0.39 is 6.04 Å². The molecule has 0 fully saturated rings. The van der Waals surface area contributed by atoms with Crippen molar-refractivity contribution in [1.82, 2.24) is 19.6 Å². The number of rotatable bonds is 4. The number of hydrogen-bond acceptors (Lipinski definition) is 3. The van der Waals surface area contributed by atoms with Crippen LogP contribution in [-0.2, 0) is 7.05 Å². The first kappa shape index (κ1) is 16.4. The first-order valence-electron chi connectivity index (χ1n) is 9.17. The molecule has 3 aromatic carbocycles. The molecule has 0 aliphatic rings. The van der Waals surface area contributed by atoms with Gasteiger partial charge in [0, 0.05) is 35.3 Å². The van der Waals surface area contributed by atoms with E-state index in [1.807, 2.05) is 80.0 Å². The molecule has 0 N–H and O–H groups in total. The van der Waals surface area contributed by atoms with Crippen molar-refractivity contribution in [3.63, 3.8) is 0 Å². The first-order chi connectivity index (χ1) is 13.7. The number of para-hydroxylation sites is 2. The molecule has 0 radical (unpaired) electrons. The van der Waals surface area contributed by atoms with Gasteiger partial charge < -0.3 is 4.57 Å². The molecular formula is C23H18N4O. The van der Waals surface area contributed by atoms with Crippen LogP contribution in [0.15, 0.2) is 85.1 Å². The van der Waals surface area contributed by atoms with E-state index >= 15 is 0 Å². The molecule has 28 heavy (non-hydrogen) atoms. The maximum atomic E-state index is 13.6. The van der Waals surface area contributed by atoms with Gasteiger partial charge in [-0.1, -0.05) is 65.9 Å². The van der Waals surface area contributed by atoms with E-state index in [4.69, 9.17) is 0 Å². The van der Waals surface area contributed by atoms with E-state index in [1.54, 1.807) is 4.68 Å². The lowest BCUT2D eigenvalue weighted by atomic mass is 9.97. The zero-order valence-electron chi connectivity index (χ0n) is 15.4. The maximum absolute atomic E-state index is 13.6. The second-order valence-electron chi connectivity index (χ2n) is 6.87. The maximum Gasteiger partial charge on any atom is 0.192 e. The molecule has 0 spiro atoms. The van der Waals surface area contributed by atoms with E-state index in [9.17, 15) is 4.79 Å². The molecule has 1 unspecified atom stereocenters. The van der Waals surface area contributed by atoms with Crippen molar-refractivity contribution in [3.8, 4) is 0 Å². The minimum atomic E-state index is -0.596. The highest BCUT2D eigenvalue weighted by Crippen LogP contribution is 2.32. The fourth-order valence-corrected chi connectivity index (χ4v) is 3.81. The van der Waals surface area contributed by atoms with Crippen LogP contribution in [0, 0.1) is 0 Å². The molecule has 2 heterocycles. The fraction of sp³-hybridized carbons (Fsp3) is 0.0870. The average Bonchev–Trinajstić information content (AvgIpc) is 3.31. The van der Waals surface area contributed by atoms with E-state index in [-0.39, 0.29) is 5.78 Å². The lowest BCUT2D eigenvalue weighted by Crippen LogP contribution is -2.22. The molecule has 1 atom stereocenters. The Morgan fingerprint density at radius 1 is 0.857 bits per heavy atom. The summed E-state index contributed by atoms with van der Waals surface area (Å²) in [5, 5.41) is 9.69. The number of hydrogen-bond donors (Lipinski definition) is 0. The summed E-state index contributed by atoms with van der Waals surface area (Å²) in [7, 11) is 2.00. The van der Waals surface area contributed by atoms with Gasteiger partial charge in [0.1, 0.15) is 11.6 Å². The molecule has 0 saturated carbocycles. The highest BCUT2D eigenvalue weighted by molar-refractivity contribution is 6.04. The molecule has 5 rings (SSSR count). The number of benzene rings is 3. The van der Waals surface area contributed by atoms with Gasteiger partial charge in [-0.15, -0.1) is 5.10 Å². The average molecular weight is 366 g/mol. The molecule has 0 amide bonds. The molecular weight excluding hydrogens is 348 g/mol. The second-order valence-corrected chi connectivity index (χ2v) is 6.87. The van der Waals surface area contributed by atoms with Gasteiger partial charge >= 0.3 is 0 Å². The quantitative estimate of drug-likeness (QED) is 0.443. The summed E-state index contributed by atoms with van der Waals surface area (Å²) in [6.07, 6.45) is 2.02. The van der Waals surface area contributed by atoms with Gasteiger partial charge in [0.05, 0.1) is 5.52 Å².